The molecule has 0 aliphatic carbocycles. The van der Waals surface area contributed by atoms with Gasteiger partial charge in [0, 0.05) is 13.1 Å². The average molecular weight is 313 g/mol. The normalized spacial score (nSPS) is 25.9. The van der Waals surface area contributed by atoms with Gasteiger partial charge in [0.25, 0.3) is 0 Å². The van der Waals surface area contributed by atoms with Crippen LogP contribution in [0, 0.1) is 10.1 Å². The summed E-state index contributed by atoms with van der Waals surface area (Å²) in [5.74, 6) is 0. The molecule has 2 heterocycles. The first-order valence-electron chi connectivity index (χ1n) is 6.58. The Morgan fingerprint density at radius 3 is 2.48 bits per heavy atom. The number of ether oxygens (including phenoxy) is 1. The van der Waals surface area contributed by atoms with Gasteiger partial charge < -0.3 is 10.5 Å². The van der Waals surface area contributed by atoms with E-state index in [9.17, 15) is 18.5 Å². The third-order valence-corrected chi connectivity index (χ3v) is 5.70. The first kappa shape index (κ1) is 14.2. The molecule has 21 heavy (non-hydrogen) atoms. The van der Waals surface area contributed by atoms with Gasteiger partial charge in [0.15, 0.2) is 4.90 Å². The Morgan fingerprint density at radius 2 is 1.90 bits per heavy atom. The SMILES string of the molecule is Nc1cccc(S(=O)(=O)N2CC3CCC(C2)O3)c1[N+](=O)[O-]. The first-order chi connectivity index (χ1) is 9.89. The van der Waals surface area contributed by atoms with Gasteiger partial charge in [0.2, 0.25) is 10.0 Å². The van der Waals surface area contributed by atoms with E-state index >= 15 is 0 Å². The van der Waals surface area contributed by atoms with E-state index in [1.165, 1.54) is 22.5 Å². The Morgan fingerprint density at radius 1 is 1.29 bits per heavy atom. The van der Waals surface area contributed by atoms with E-state index in [0.29, 0.717) is 0 Å². The molecule has 114 valence electrons. The van der Waals surface area contributed by atoms with Crippen molar-refractivity contribution in [1.29, 1.82) is 0 Å². The third kappa shape index (κ3) is 2.37. The molecular formula is C12H15N3O5S. The molecular weight excluding hydrogens is 298 g/mol. The lowest BCUT2D eigenvalue weighted by Crippen LogP contribution is -2.45. The number of nitro benzene ring substituents is 1. The highest BCUT2D eigenvalue weighted by Gasteiger charge is 2.41. The number of rotatable bonds is 3. The zero-order chi connectivity index (χ0) is 15.2. The maximum Gasteiger partial charge on any atom is 0.312 e. The fourth-order valence-electron chi connectivity index (χ4n) is 2.86. The summed E-state index contributed by atoms with van der Waals surface area (Å²) in [5, 5.41) is 11.1. The van der Waals surface area contributed by atoms with Crippen LogP contribution >= 0.6 is 0 Å². The smallest absolute Gasteiger partial charge is 0.312 e. The molecule has 2 atom stereocenters. The Balaban J connectivity index is 2.03. The molecule has 8 nitrogen and oxygen atoms in total. The number of anilines is 1. The largest absolute Gasteiger partial charge is 0.393 e. The van der Waals surface area contributed by atoms with Crippen molar-refractivity contribution in [3.63, 3.8) is 0 Å². The van der Waals surface area contributed by atoms with Gasteiger partial charge in [-0.25, -0.2) is 8.42 Å². The zero-order valence-corrected chi connectivity index (χ0v) is 12.0. The van der Waals surface area contributed by atoms with E-state index in [4.69, 9.17) is 10.5 Å². The van der Waals surface area contributed by atoms with Crippen LogP contribution in [-0.4, -0.2) is 42.9 Å². The lowest BCUT2D eigenvalue weighted by atomic mass is 10.2. The molecule has 2 aliphatic rings. The van der Waals surface area contributed by atoms with Gasteiger partial charge in [-0.2, -0.15) is 4.31 Å². The van der Waals surface area contributed by atoms with E-state index in [0.717, 1.165) is 12.8 Å². The van der Waals surface area contributed by atoms with Crippen LogP contribution in [-0.2, 0) is 14.8 Å². The van der Waals surface area contributed by atoms with Gasteiger partial charge in [-0.15, -0.1) is 0 Å². The average Bonchev–Trinajstić information content (AvgIpc) is 2.76. The highest BCUT2D eigenvalue weighted by Crippen LogP contribution is 2.35. The fraction of sp³-hybridized carbons (Fsp3) is 0.500. The lowest BCUT2D eigenvalue weighted by molar-refractivity contribution is -0.386. The zero-order valence-electron chi connectivity index (χ0n) is 11.1. The molecule has 0 amide bonds. The standard InChI is InChI=1S/C12H15N3O5S/c13-10-2-1-3-11(12(10)15(16)17)21(18,19)14-6-8-4-5-9(7-14)20-8/h1-3,8-9H,4-7,13H2. The highest BCUT2D eigenvalue weighted by atomic mass is 32.2. The number of morpholine rings is 1. The summed E-state index contributed by atoms with van der Waals surface area (Å²) >= 11 is 0. The van der Waals surface area contributed by atoms with Crippen LogP contribution in [0.3, 0.4) is 0 Å². The monoisotopic (exact) mass is 313 g/mol. The van der Waals surface area contributed by atoms with E-state index in [1.54, 1.807) is 0 Å². The first-order valence-corrected chi connectivity index (χ1v) is 8.02. The number of fused-ring (bicyclic) bond motifs is 2. The maximum atomic E-state index is 12.7. The maximum absolute atomic E-state index is 12.7. The Hall–Kier alpha value is -1.71. The van der Waals surface area contributed by atoms with Crippen LogP contribution < -0.4 is 5.73 Å². The van der Waals surface area contributed by atoms with Gasteiger partial charge in [-0.05, 0) is 25.0 Å². The summed E-state index contributed by atoms with van der Waals surface area (Å²) in [5.41, 5.74) is 4.85. The van der Waals surface area contributed by atoms with Gasteiger partial charge in [-0.1, -0.05) is 6.07 Å². The number of hydrogen-bond donors (Lipinski definition) is 1. The van der Waals surface area contributed by atoms with Crippen molar-refractivity contribution in [2.24, 2.45) is 0 Å². The number of para-hydroxylation sites is 1. The highest BCUT2D eigenvalue weighted by molar-refractivity contribution is 7.89. The predicted octanol–water partition coefficient (Wildman–Crippen LogP) is 0.729. The van der Waals surface area contributed by atoms with Gasteiger partial charge >= 0.3 is 5.69 Å². The number of nitrogens with zero attached hydrogens (tertiary/aromatic N) is 2. The summed E-state index contributed by atoms with van der Waals surface area (Å²) in [6.45, 7) is 0.454. The minimum Gasteiger partial charge on any atom is -0.393 e. The van der Waals surface area contributed by atoms with E-state index in [1.807, 2.05) is 0 Å². The second kappa shape index (κ2) is 4.93. The van der Waals surface area contributed by atoms with Crippen molar-refractivity contribution >= 4 is 21.4 Å². The van der Waals surface area contributed by atoms with Crippen LogP contribution in [0.25, 0.3) is 0 Å². The van der Waals surface area contributed by atoms with Crippen molar-refractivity contribution in [2.45, 2.75) is 29.9 Å². The van der Waals surface area contributed by atoms with E-state index in [2.05, 4.69) is 0 Å². The molecule has 2 aliphatic heterocycles. The number of nitrogen functional groups attached to an aromatic ring is 1. The summed E-state index contributed by atoms with van der Waals surface area (Å²) in [4.78, 5) is 10.0. The van der Waals surface area contributed by atoms with Crippen LogP contribution in [0.15, 0.2) is 23.1 Å². The molecule has 1 aromatic carbocycles. The van der Waals surface area contributed by atoms with Crippen molar-refractivity contribution in [1.82, 2.24) is 4.31 Å². The Kier molecular flexibility index (Phi) is 3.34. The summed E-state index contributed by atoms with van der Waals surface area (Å²) in [7, 11) is -3.95. The molecule has 3 rings (SSSR count). The molecule has 2 bridgehead atoms. The number of nitrogens with two attached hydrogens (primary N) is 1. The summed E-state index contributed by atoms with van der Waals surface area (Å²) < 4.78 is 32.2. The van der Waals surface area contributed by atoms with Crippen LogP contribution in [0.4, 0.5) is 11.4 Å². The van der Waals surface area contributed by atoms with E-state index in [-0.39, 0.29) is 35.9 Å². The minimum absolute atomic E-state index is 0.126. The molecule has 0 saturated carbocycles. The van der Waals surface area contributed by atoms with Crippen LogP contribution in [0.2, 0.25) is 0 Å². The van der Waals surface area contributed by atoms with Crippen molar-refractivity contribution in [3.8, 4) is 0 Å². The molecule has 2 fully saturated rings. The third-order valence-electron chi connectivity index (χ3n) is 3.84. The molecule has 2 N–H and O–H groups in total. The quantitative estimate of drug-likeness (QED) is 0.499. The van der Waals surface area contributed by atoms with Crippen LogP contribution in [0.5, 0.6) is 0 Å². The molecule has 0 aromatic heterocycles. The summed E-state index contributed by atoms with van der Waals surface area (Å²) in [6.07, 6.45) is 1.38. The van der Waals surface area contributed by atoms with Crippen molar-refractivity contribution in [3.05, 3.63) is 28.3 Å². The molecule has 2 saturated heterocycles. The van der Waals surface area contributed by atoms with Gasteiger partial charge in [0.05, 0.1) is 17.1 Å². The second-order valence-corrected chi connectivity index (χ2v) is 7.14. The molecule has 0 radical (unpaired) electrons. The molecule has 2 unspecified atom stereocenters. The van der Waals surface area contributed by atoms with Gasteiger partial charge in [0.1, 0.15) is 5.69 Å². The number of nitro groups is 1. The molecule has 0 spiro atoms. The number of benzene rings is 1. The Labute approximate surface area is 121 Å². The van der Waals surface area contributed by atoms with E-state index < -0.39 is 20.6 Å². The number of hydrogen-bond acceptors (Lipinski definition) is 6. The molecule has 1 aromatic rings. The second-order valence-electron chi connectivity index (χ2n) is 5.23. The van der Waals surface area contributed by atoms with Crippen molar-refractivity contribution in [2.75, 3.05) is 18.8 Å². The van der Waals surface area contributed by atoms with Crippen molar-refractivity contribution < 1.29 is 18.1 Å². The topological polar surface area (TPSA) is 116 Å². The fourth-order valence-corrected chi connectivity index (χ4v) is 4.55. The lowest BCUT2D eigenvalue weighted by Gasteiger charge is -2.31. The Bertz CT molecular complexity index is 678. The van der Waals surface area contributed by atoms with Gasteiger partial charge in [-0.3, -0.25) is 10.1 Å². The predicted molar refractivity (Wildman–Crippen MR) is 74.2 cm³/mol. The minimum atomic E-state index is -3.95. The molecule has 9 heteroatoms. The van der Waals surface area contributed by atoms with Crippen LogP contribution in [0.1, 0.15) is 12.8 Å². The summed E-state index contributed by atoms with van der Waals surface area (Å²) in [6, 6.07) is 3.95. The number of sulfonamides is 1.